The minimum Gasteiger partial charge on any atom is -0.468 e. The minimum absolute atomic E-state index is 0.175. The van der Waals surface area contributed by atoms with Crippen LogP contribution in [-0.2, 0) is 14.3 Å². The topological polar surface area (TPSA) is 35.5 Å². The lowest BCUT2D eigenvalue weighted by atomic mass is 10.8. The van der Waals surface area contributed by atoms with E-state index in [1.165, 1.54) is 18.9 Å². The van der Waals surface area contributed by atoms with Crippen LogP contribution in [0.15, 0.2) is 0 Å². The van der Waals surface area contributed by atoms with Gasteiger partial charge in [0.05, 0.1) is 19.5 Å². The number of hydrogen-bond acceptors (Lipinski definition) is 4. The maximum absolute atomic E-state index is 10.6. The number of esters is 1. The lowest BCUT2D eigenvalue weighted by Crippen LogP contribution is -2.05. The second kappa shape index (κ2) is 7.88. The van der Waals surface area contributed by atoms with Gasteiger partial charge in [0.15, 0.2) is 0 Å². The molecule has 0 saturated carbocycles. The predicted molar refractivity (Wildman–Crippen MR) is 45.8 cm³/mol. The van der Waals surface area contributed by atoms with Gasteiger partial charge in [0.1, 0.15) is 0 Å². The first kappa shape index (κ1) is 10.8. The average Bonchev–Trinajstić information content (AvgIpc) is 2.04. The normalized spacial score (nSPS) is 9.64. The van der Waals surface area contributed by atoms with Gasteiger partial charge in [-0.05, 0) is 6.92 Å². The lowest BCUT2D eigenvalue weighted by molar-refractivity contribution is -0.137. The summed E-state index contributed by atoms with van der Waals surface area (Å²) in [4.78, 5) is 10.6. The average molecular weight is 178 g/mol. The summed E-state index contributed by atoms with van der Waals surface area (Å²) in [7, 11) is 1.39. The van der Waals surface area contributed by atoms with Gasteiger partial charge in [-0.25, -0.2) is 0 Å². The summed E-state index contributed by atoms with van der Waals surface area (Å²) in [5, 5.41) is 0. The monoisotopic (exact) mass is 178 g/mol. The zero-order chi connectivity index (χ0) is 8.53. The molecule has 4 heteroatoms. The van der Waals surface area contributed by atoms with Gasteiger partial charge in [-0.2, -0.15) is 0 Å². The molecule has 11 heavy (non-hydrogen) atoms. The number of thioether (sulfide) groups is 1. The van der Waals surface area contributed by atoms with Crippen molar-refractivity contribution < 1.29 is 14.3 Å². The molecular formula is C7H14O3S. The number of carbonyl (C=O) groups is 1. The molecule has 0 spiro atoms. The van der Waals surface area contributed by atoms with E-state index < -0.39 is 0 Å². The highest BCUT2D eigenvalue weighted by Crippen LogP contribution is 1.99. The maximum atomic E-state index is 10.6. The van der Waals surface area contributed by atoms with E-state index in [0.29, 0.717) is 12.4 Å². The summed E-state index contributed by atoms with van der Waals surface area (Å²) in [5.41, 5.74) is 0. The largest absolute Gasteiger partial charge is 0.468 e. The van der Waals surface area contributed by atoms with Gasteiger partial charge in [-0.15, -0.1) is 11.8 Å². The van der Waals surface area contributed by atoms with Crippen LogP contribution in [0.25, 0.3) is 0 Å². The molecule has 0 aromatic carbocycles. The molecular weight excluding hydrogens is 164 g/mol. The third kappa shape index (κ3) is 7.68. The maximum Gasteiger partial charge on any atom is 0.315 e. The fourth-order valence-corrected chi connectivity index (χ4v) is 1.14. The molecule has 0 aromatic heterocycles. The minimum atomic E-state index is -0.175. The van der Waals surface area contributed by atoms with Crippen molar-refractivity contribution in [2.75, 3.05) is 31.8 Å². The Labute approximate surface area is 71.4 Å². The number of rotatable bonds is 6. The van der Waals surface area contributed by atoms with E-state index in [2.05, 4.69) is 4.74 Å². The Morgan fingerprint density at radius 2 is 2.27 bits per heavy atom. The van der Waals surface area contributed by atoms with Crippen molar-refractivity contribution in [2.45, 2.75) is 6.92 Å². The van der Waals surface area contributed by atoms with Crippen molar-refractivity contribution in [1.82, 2.24) is 0 Å². The van der Waals surface area contributed by atoms with Crippen molar-refractivity contribution >= 4 is 17.7 Å². The first-order chi connectivity index (χ1) is 5.31. The summed E-state index contributed by atoms with van der Waals surface area (Å²) >= 11 is 1.53. The van der Waals surface area contributed by atoms with E-state index >= 15 is 0 Å². The standard InChI is InChI=1S/C7H14O3S/c1-3-10-4-5-11-6-7(8)9-2/h3-6H2,1-2H3. The Morgan fingerprint density at radius 1 is 1.55 bits per heavy atom. The molecule has 0 heterocycles. The number of hydrogen-bond donors (Lipinski definition) is 0. The summed E-state index contributed by atoms with van der Waals surface area (Å²) in [6.07, 6.45) is 0. The van der Waals surface area contributed by atoms with E-state index in [-0.39, 0.29) is 5.97 Å². The van der Waals surface area contributed by atoms with E-state index in [9.17, 15) is 4.79 Å². The quantitative estimate of drug-likeness (QED) is 0.448. The molecule has 0 aromatic rings. The molecule has 0 bridgehead atoms. The van der Waals surface area contributed by atoms with E-state index in [4.69, 9.17) is 4.74 Å². The van der Waals surface area contributed by atoms with Crippen LogP contribution in [0.1, 0.15) is 6.92 Å². The van der Waals surface area contributed by atoms with Gasteiger partial charge in [0.25, 0.3) is 0 Å². The molecule has 0 saturated heterocycles. The second-order valence-electron chi connectivity index (χ2n) is 1.83. The highest BCUT2D eigenvalue weighted by molar-refractivity contribution is 7.99. The molecule has 0 rings (SSSR count). The second-order valence-corrected chi connectivity index (χ2v) is 2.93. The molecule has 0 unspecified atom stereocenters. The molecule has 0 fully saturated rings. The zero-order valence-corrected chi connectivity index (χ0v) is 7.78. The molecule has 0 aliphatic rings. The fourth-order valence-electron chi connectivity index (χ4n) is 0.477. The molecule has 0 N–H and O–H groups in total. The first-order valence-electron chi connectivity index (χ1n) is 3.53. The highest BCUT2D eigenvalue weighted by Gasteiger charge is 1.98. The van der Waals surface area contributed by atoms with Crippen LogP contribution in [0.5, 0.6) is 0 Å². The zero-order valence-electron chi connectivity index (χ0n) is 6.96. The van der Waals surface area contributed by atoms with Crippen LogP contribution >= 0.6 is 11.8 Å². The van der Waals surface area contributed by atoms with Gasteiger partial charge < -0.3 is 9.47 Å². The van der Waals surface area contributed by atoms with Crippen LogP contribution in [-0.4, -0.2) is 37.8 Å². The van der Waals surface area contributed by atoms with Crippen molar-refractivity contribution in [3.63, 3.8) is 0 Å². The SMILES string of the molecule is CCOCCSCC(=O)OC. The van der Waals surface area contributed by atoms with Crippen molar-refractivity contribution in [3.05, 3.63) is 0 Å². The molecule has 0 atom stereocenters. The van der Waals surface area contributed by atoms with Crippen LogP contribution < -0.4 is 0 Å². The number of ether oxygens (including phenoxy) is 2. The third-order valence-corrected chi connectivity index (χ3v) is 1.92. The van der Waals surface area contributed by atoms with Crippen molar-refractivity contribution in [2.24, 2.45) is 0 Å². The fraction of sp³-hybridized carbons (Fsp3) is 0.857. The van der Waals surface area contributed by atoms with Crippen LogP contribution in [0.3, 0.4) is 0 Å². The van der Waals surface area contributed by atoms with Crippen molar-refractivity contribution in [3.8, 4) is 0 Å². The summed E-state index contributed by atoms with van der Waals surface area (Å²) < 4.78 is 9.53. The molecule has 0 aliphatic carbocycles. The van der Waals surface area contributed by atoms with Crippen LogP contribution in [0, 0.1) is 0 Å². The number of methoxy groups -OCH3 is 1. The summed E-state index contributed by atoms with van der Waals surface area (Å²) in [6.45, 7) is 3.39. The van der Waals surface area contributed by atoms with Gasteiger partial charge in [0, 0.05) is 12.4 Å². The summed E-state index contributed by atoms with van der Waals surface area (Å²) in [5.74, 6) is 1.10. The predicted octanol–water partition coefficient (Wildman–Crippen LogP) is 0.929. The number of carbonyl (C=O) groups excluding carboxylic acids is 1. The molecule has 0 radical (unpaired) electrons. The van der Waals surface area contributed by atoms with E-state index in [1.54, 1.807) is 0 Å². The summed E-state index contributed by atoms with van der Waals surface area (Å²) in [6, 6.07) is 0. The Morgan fingerprint density at radius 3 is 2.82 bits per heavy atom. The van der Waals surface area contributed by atoms with Gasteiger partial charge in [-0.1, -0.05) is 0 Å². The molecule has 0 amide bonds. The van der Waals surface area contributed by atoms with E-state index in [0.717, 1.165) is 12.4 Å². The Hall–Kier alpha value is -0.220. The smallest absolute Gasteiger partial charge is 0.315 e. The molecule has 66 valence electrons. The lowest BCUT2D eigenvalue weighted by Gasteiger charge is -1.99. The highest BCUT2D eigenvalue weighted by atomic mass is 32.2. The van der Waals surface area contributed by atoms with Crippen LogP contribution in [0.2, 0.25) is 0 Å². The van der Waals surface area contributed by atoms with Crippen molar-refractivity contribution in [1.29, 1.82) is 0 Å². The van der Waals surface area contributed by atoms with E-state index in [1.807, 2.05) is 6.92 Å². The Bertz CT molecular complexity index is 106. The molecule has 0 aliphatic heterocycles. The first-order valence-corrected chi connectivity index (χ1v) is 4.69. The molecule has 3 nitrogen and oxygen atoms in total. The van der Waals surface area contributed by atoms with Gasteiger partial charge in [0.2, 0.25) is 0 Å². The van der Waals surface area contributed by atoms with Gasteiger partial charge >= 0.3 is 5.97 Å². The van der Waals surface area contributed by atoms with Gasteiger partial charge in [-0.3, -0.25) is 4.79 Å². The Kier molecular flexibility index (Phi) is 7.72. The third-order valence-electron chi connectivity index (χ3n) is 1.02. The van der Waals surface area contributed by atoms with Crippen LogP contribution in [0.4, 0.5) is 0 Å². The Balaban J connectivity index is 2.95.